The first-order valence-electron chi connectivity index (χ1n) is 10.0. The first-order chi connectivity index (χ1) is 14.4. The maximum Gasteiger partial charge on any atom is 0.335 e. The molecule has 4 rings (SSSR count). The van der Waals surface area contributed by atoms with Gasteiger partial charge in [0.1, 0.15) is 0 Å². The number of nitrogens with zero attached hydrogens (tertiary/aromatic N) is 4. The Kier molecular flexibility index (Phi) is 5.50. The monoisotopic (exact) mass is 407 g/mol. The van der Waals surface area contributed by atoms with E-state index in [0.29, 0.717) is 12.0 Å². The SMILES string of the molecule is Cc1cnc(Nc2cnn(C3CC(C)OC(C)C3)c2)nc1-c1ccc(C(=O)O)cc1. The Hall–Kier alpha value is -3.26. The molecule has 1 aromatic carbocycles. The number of benzene rings is 1. The molecule has 0 bridgehead atoms. The molecular weight excluding hydrogens is 382 g/mol. The number of aromatic carboxylic acids is 1. The van der Waals surface area contributed by atoms with E-state index in [-0.39, 0.29) is 17.8 Å². The molecule has 0 aliphatic carbocycles. The van der Waals surface area contributed by atoms with Crippen molar-refractivity contribution in [3.63, 3.8) is 0 Å². The zero-order valence-electron chi connectivity index (χ0n) is 17.2. The van der Waals surface area contributed by atoms with Crippen LogP contribution in [-0.4, -0.2) is 43.0 Å². The summed E-state index contributed by atoms with van der Waals surface area (Å²) in [4.78, 5) is 20.1. The highest BCUT2D eigenvalue weighted by Crippen LogP contribution is 2.29. The fourth-order valence-corrected chi connectivity index (χ4v) is 3.88. The molecule has 1 saturated heterocycles. The van der Waals surface area contributed by atoms with Crippen LogP contribution in [0.15, 0.2) is 42.9 Å². The predicted octanol–water partition coefficient (Wildman–Crippen LogP) is 4.22. The van der Waals surface area contributed by atoms with E-state index in [2.05, 4.69) is 34.2 Å². The lowest BCUT2D eigenvalue weighted by atomic mass is 10.0. The molecule has 8 nitrogen and oxygen atoms in total. The molecule has 156 valence electrons. The Morgan fingerprint density at radius 1 is 1.17 bits per heavy atom. The van der Waals surface area contributed by atoms with Crippen LogP contribution in [-0.2, 0) is 4.74 Å². The number of anilines is 2. The highest BCUT2D eigenvalue weighted by atomic mass is 16.5. The number of hydrogen-bond acceptors (Lipinski definition) is 6. The molecule has 2 aromatic heterocycles. The van der Waals surface area contributed by atoms with Crippen LogP contribution in [0.5, 0.6) is 0 Å². The quantitative estimate of drug-likeness (QED) is 0.653. The molecule has 0 saturated carbocycles. The summed E-state index contributed by atoms with van der Waals surface area (Å²) in [6.07, 6.45) is 7.80. The van der Waals surface area contributed by atoms with Gasteiger partial charge in [-0.05, 0) is 51.3 Å². The highest BCUT2D eigenvalue weighted by Gasteiger charge is 2.26. The summed E-state index contributed by atoms with van der Waals surface area (Å²) in [6, 6.07) is 6.97. The Morgan fingerprint density at radius 3 is 2.53 bits per heavy atom. The number of aryl methyl sites for hydroxylation is 1. The second-order valence-corrected chi connectivity index (χ2v) is 7.82. The van der Waals surface area contributed by atoms with Crippen molar-refractivity contribution in [3.05, 3.63) is 54.0 Å². The molecule has 30 heavy (non-hydrogen) atoms. The summed E-state index contributed by atoms with van der Waals surface area (Å²) in [5, 5.41) is 16.8. The third kappa shape index (κ3) is 4.33. The van der Waals surface area contributed by atoms with E-state index in [1.165, 1.54) is 0 Å². The molecule has 2 atom stereocenters. The molecule has 1 fully saturated rings. The van der Waals surface area contributed by atoms with Crippen LogP contribution < -0.4 is 5.32 Å². The minimum absolute atomic E-state index is 0.217. The fraction of sp³-hybridized carbons (Fsp3) is 0.364. The average Bonchev–Trinajstić information content (AvgIpc) is 3.17. The minimum Gasteiger partial charge on any atom is -0.478 e. The summed E-state index contributed by atoms with van der Waals surface area (Å²) in [5.74, 6) is -0.486. The van der Waals surface area contributed by atoms with Crippen molar-refractivity contribution in [1.82, 2.24) is 19.7 Å². The van der Waals surface area contributed by atoms with Crippen molar-refractivity contribution in [1.29, 1.82) is 0 Å². The maximum absolute atomic E-state index is 11.1. The Bertz CT molecular complexity index is 1040. The second kappa shape index (κ2) is 8.23. The van der Waals surface area contributed by atoms with Crippen LogP contribution in [0.2, 0.25) is 0 Å². The predicted molar refractivity (Wildman–Crippen MR) is 113 cm³/mol. The number of ether oxygens (including phenoxy) is 1. The van der Waals surface area contributed by atoms with Gasteiger partial charge in [-0.2, -0.15) is 5.10 Å². The zero-order valence-corrected chi connectivity index (χ0v) is 17.2. The van der Waals surface area contributed by atoms with Gasteiger partial charge in [-0.15, -0.1) is 0 Å². The van der Waals surface area contributed by atoms with Gasteiger partial charge in [-0.3, -0.25) is 4.68 Å². The standard InChI is InChI=1S/C22H25N5O3/c1-13-10-23-22(26-20(13)16-4-6-17(7-5-16)21(28)29)25-18-11-24-27(12-18)19-8-14(2)30-15(3)9-19/h4-7,10-12,14-15,19H,8-9H2,1-3H3,(H,28,29)(H,23,25,26). The van der Waals surface area contributed by atoms with Crippen LogP contribution in [0.1, 0.15) is 48.7 Å². The first kappa shape index (κ1) is 20.0. The molecule has 0 radical (unpaired) electrons. The van der Waals surface area contributed by atoms with E-state index in [4.69, 9.17) is 9.84 Å². The Morgan fingerprint density at radius 2 is 1.87 bits per heavy atom. The number of nitrogens with one attached hydrogen (secondary N) is 1. The molecule has 3 aromatic rings. The number of hydrogen-bond donors (Lipinski definition) is 2. The van der Waals surface area contributed by atoms with E-state index in [9.17, 15) is 4.79 Å². The topological polar surface area (TPSA) is 102 Å². The molecule has 0 amide bonds. The van der Waals surface area contributed by atoms with Gasteiger partial charge in [-0.25, -0.2) is 14.8 Å². The minimum atomic E-state index is -0.950. The summed E-state index contributed by atoms with van der Waals surface area (Å²) in [7, 11) is 0. The van der Waals surface area contributed by atoms with Gasteiger partial charge in [-0.1, -0.05) is 12.1 Å². The fourth-order valence-electron chi connectivity index (χ4n) is 3.88. The molecule has 3 heterocycles. The van der Waals surface area contributed by atoms with Crippen LogP contribution in [0.4, 0.5) is 11.6 Å². The molecule has 2 unspecified atom stereocenters. The van der Waals surface area contributed by atoms with Crippen molar-refractivity contribution < 1.29 is 14.6 Å². The highest BCUT2D eigenvalue weighted by molar-refractivity contribution is 5.88. The largest absolute Gasteiger partial charge is 0.478 e. The number of carboxylic acid groups (broad SMARTS) is 1. The van der Waals surface area contributed by atoms with Crippen LogP contribution in [0.3, 0.4) is 0 Å². The molecular formula is C22H25N5O3. The lowest BCUT2D eigenvalue weighted by molar-refractivity contribution is -0.0506. The van der Waals surface area contributed by atoms with E-state index >= 15 is 0 Å². The number of carbonyl (C=O) groups is 1. The van der Waals surface area contributed by atoms with Crippen LogP contribution >= 0.6 is 0 Å². The van der Waals surface area contributed by atoms with Gasteiger partial charge in [0.05, 0.1) is 41.4 Å². The lowest BCUT2D eigenvalue weighted by Gasteiger charge is -2.32. The molecule has 1 aliphatic rings. The van der Waals surface area contributed by atoms with Crippen molar-refractivity contribution in [3.8, 4) is 11.3 Å². The third-order valence-corrected chi connectivity index (χ3v) is 5.28. The summed E-state index contributed by atoms with van der Waals surface area (Å²) in [5.41, 5.74) is 3.56. The van der Waals surface area contributed by atoms with Gasteiger partial charge < -0.3 is 15.2 Å². The third-order valence-electron chi connectivity index (χ3n) is 5.28. The first-order valence-corrected chi connectivity index (χ1v) is 10.0. The van der Waals surface area contributed by atoms with Gasteiger partial charge in [0.2, 0.25) is 5.95 Å². The van der Waals surface area contributed by atoms with Crippen molar-refractivity contribution >= 4 is 17.6 Å². The van der Waals surface area contributed by atoms with E-state index in [0.717, 1.165) is 35.3 Å². The molecule has 1 aliphatic heterocycles. The van der Waals surface area contributed by atoms with E-state index < -0.39 is 5.97 Å². The molecule has 8 heteroatoms. The van der Waals surface area contributed by atoms with E-state index in [1.807, 2.05) is 17.8 Å². The maximum atomic E-state index is 11.1. The average molecular weight is 407 g/mol. The van der Waals surface area contributed by atoms with Gasteiger partial charge in [0.25, 0.3) is 0 Å². The van der Waals surface area contributed by atoms with Gasteiger partial charge >= 0.3 is 5.97 Å². The normalized spacial score (nSPS) is 21.4. The lowest BCUT2D eigenvalue weighted by Crippen LogP contribution is -2.31. The number of carboxylic acids is 1. The molecule has 2 N–H and O–H groups in total. The summed E-state index contributed by atoms with van der Waals surface area (Å²) >= 11 is 0. The Labute approximate surface area is 174 Å². The van der Waals surface area contributed by atoms with Crippen molar-refractivity contribution in [2.45, 2.75) is 51.9 Å². The zero-order chi connectivity index (χ0) is 21.3. The smallest absolute Gasteiger partial charge is 0.335 e. The Balaban J connectivity index is 1.52. The van der Waals surface area contributed by atoms with Crippen molar-refractivity contribution in [2.24, 2.45) is 0 Å². The summed E-state index contributed by atoms with van der Waals surface area (Å²) in [6.45, 7) is 6.11. The van der Waals surface area contributed by atoms with Crippen LogP contribution in [0.25, 0.3) is 11.3 Å². The van der Waals surface area contributed by atoms with Gasteiger partial charge in [0, 0.05) is 18.0 Å². The van der Waals surface area contributed by atoms with E-state index in [1.54, 1.807) is 36.7 Å². The molecule has 0 spiro atoms. The summed E-state index contributed by atoms with van der Waals surface area (Å²) < 4.78 is 7.80. The number of aromatic nitrogens is 4. The van der Waals surface area contributed by atoms with Crippen molar-refractivity contribution in [2.75, 3.05) is 5.32 Å². The van der Waals surface area contributed by atoms with Crippen LogP contribution in [0, 0.1) is 6.92 Å². The number of rotatable bonds is 5. The second-order valence-electron chi connectivity index (χ2n) is 7.82. The van der Waals surface area contributed by atoms with Gasteiger partial charge in [0.15, 0.2) is 0 Å².